The van der Waals surface area contributed by atoms with Crippen LogP contribution in [-0.4, -0.2) is 29.8 Å². The van der Waals surface area contributed by atoms with Gasteiger partial charge in [0, 0.05) is 35.5 Å². The maximum absolute atomic E-state index is 12.7. The van der Waals surface area contributed by atoms with Gasteiger partial charge in [-0.2, -0.15) is 11.8 Å². The van der Waals surface area contributed by atoms with Crippen molar-refractivity contribution in [2.24, 2.45) is 0 Å². The first kappa shape index (κ1) is 17.4. The van der Waals surface area contributed by atoms with Gasteiger partial charge in [0.2, 0.25) is 0 Å². The summed E-state index contributed by atoms with van der Waals surface area (Å²) in [7, 11) is 0. The van der Waals surface area contributed by atoms with Crippen molar-refractivity contribution in [3.8, 4) is 0 Å². The number of carbonyl (C=O) groups is 1. The van der Waals surface area contributed by atoms with Gasteiger partial charge in [0.1, 0.15) is 0 Å². The van der Waals surface area contributed by atoms with Crippen molar-refractivity contribution >= 4 is 39.9 Å². The summed E-state index contributed by atoms with van der Waals surface area (Å²) in [4.78, 5) is 16.0. The Morgan fingerprint density at radius 2 is 1.96 bits per heavy atom. The molecule has 0 radical (unpaired) electrons. The molecule has 5 heteroatoms. The number of fused-ring (bicyclic) bond motifs is 1. The van der Waals surface area contributed by atoms with E-state index < -0.39 is 0 Å². The summed E-state index contributed by atoms with van der Waals surface area (Å²) in [5, 5.41) is 8.19. The Hall–Kier alpha value is -1.98. The maximum atomic E-state index is 12.7. The summed E-state index contributed by atoms with van der Waals surface area (Å²) < 4.78 is 0. The summed E-state index contributed by atoms with van der Waals surface area (Å²) in [6, 6.07) is 18.9. The normalized spacial score (nSPS) is 17.8. The zero-order valence-electron chi connectivity index (χ0n) is 14.6. The van der Waals surface area contributed by atoms with E-state index in [0.29, 0.717) is 11.8 Å². The Morgan fingerprint density at radius 1 is 1.08 bits per heavy atom. The maximum Gasteiger partial charge on any atom is 0.317 e. The van der Waals surface area contributed by atoms with Gasteiger partial charge in [-0.15, -0.1) is 11.3 Å². The molecule has 2 aromatic carbocycles. The molecule has 0 bridgehead atoms. The predicted octanol–water partition coefficient (Wildman–Crippen LogP) is 5.29. The third kappa shape index (κ3) is 3.89. The monoisotopic (exact) mass is 382 g/mol. The molecule has 2 heterocycles. The fraction of sp³-hybridized carbons (Fsp3) is 0.286. The molecule has 1 aromatic heterocycles. The Kier molecular flexibility index (Phi) is 5.46. The summed E-state index contributed by atoms with van der Waals surface area (Å²) in [6.45, 7) is 2.20. The van der Waals surface area contributed by atoms with Gasteiger partial charge in [-0.3, -0.25) is 0 Å². The van der Waals surface area contributed by atoms with Gasteiger partial charge in [-0.1, -0.05) is 48.5 Å². The molecule has 1 aliphatic heterocycles. The van der Waals surface area contributed by atoms with Crippen LogP contribution in [0.4, 0.5) is 4.79 Å². The van der Waals surface area contributed by atoms with Crippen LogP contribution in [0.1, 0.15) is 22.1 Å². The van der Waals surface area contributed by atoms with Crippen LogP contribution in [0.5, 0.6) is 0 Å². The van der Waals surface area contributed by atoms with E-state index in [1.54, 1.807) is 0 Å². The van der Waals surface area contributed by atoms with Crippen LogP contribution < -0.4 is 5.32 Å². The van der Waals surface area contributed by atoms with Crippen molar-refractivity contribution in [2.45, 2.75) is 18.2 Å². The third-order valence-corrected chi connectivity index (χ3v) is 7.24. The number of nitrogens with zero attached hydrogens (tertiary/aromatic N) is 1. The topological polar surface area (TPSA) is 32.3 Å². The van der Waals surface area contributed by atoms with Crippen LogP contribution in [0.25, 0.3) is 10.8 Å². The molecule has 4 rings (SSSR count). The van der Waals surface area contributed by atoms with Crippen LogP contribution in [-0.2, 0) is 6.54 Å². The lowest BCUT2D eigenvalue weighted by atomic mass is 10.0. The first-order chi connectivity index (χ1) is 12.8. The van der Waals surface area contributed by atoms with Gasteiger partial charge in [-0.25, -0.2) is 4.79 Å². The molecule has 134 valence electrons. The first-order valence-electron chi connectivity index (χ1n) is 8.96. The van der Waals surface area contributed by atoms with E-state index in [0.717, 1.165) is 30.8 Å². The van der Waals surface area contributed by atoms with E-state index in [1.165, 1.54) is 15.6 Å². The van der Waals surface area contributed by atoms with E-state index in [4.69, 9.17) is 0 Å². The molecule has 3 aromatic rings. The average Bonchev–Trinajstić information content (AvgIpc) is 3.10. The Balaban J connectivity index is 1.37. The van der Waals surface area contributed by atoms with Crippen molar-refractivity contribution in [1.29, 1.82) is 0 Å². The summed E-state index contributed by atoms with van der Waals surface area (Å²) in [6.07, 6.45) is 1.02. The van der Waals surface area contributed by atoms with Crippen LogP contribution in [0.3, 0.4) is 0 Å². The second-order valence-electron chi connectivity index (χ2n) is 6.45. The van der Waals surface area contributed by atoms with E-state index in [-0.39, 0.29) is 6.03 Å². The third-order valence-electron chi connectivity index (χ3n) is 4.80. The molecule has 1 aliphatic rings. The van der Waals surface area contributed by atoms with E-state index >= 15 is 0 Å². The van der Waals surface area contributed by atoms with Gasteiger partial charge in [-0.05, 0) is 34.2 Å². The number of benzene rings is 2. The molecule has 2 amide bonds. The number of carbonyl (C=O) groups excluding carboxylic acids is 1. The van der Waals surface area contributed by atoms with Gasteiger partial charge in [0.05, 0.1) is 0 Å². The molecule has 1 saturated heterocycles. The van der Waals surface area contributed by atoms with E-state index in [2.05, 4.69) is 53.2 Å². The summed E-state index contributed by atoms with van der Waals surface area (Å²) in [5.74, 6) is 0.990. The summed E-state index contributed by atoms with van der Waals surface area (Å²) >= 11 is 3.79. The van der Waals surface area contributed by atoms with Crippen LogP contribution in [0.2, 0.25) is 0 Å². The lowest BCUT2D eigenvalue weighted by Gasteiger charge is -2.21. The zero-order chi connectivity index (χ0) is 17.8. The summed E-state index contributed by atoms with van der Waals surface area (Å²) in [5.41, 5.74) is 1.16. The quantitative estimate of drug-likeness (QED) is 0.667. The Morgan fingerprint density at radius 3 is 2.85 bits per heavy atom. The number of hydrogen-bond acceptors (Lipinski definition) is 3. The molecule has 1 fully saturated rings. The molecule has 0 saturated carbocycles. The van der Waals surface area contributed by atoms with Gasteiger partial charge < -0.3 is 10.2 Å². The second kappa shape index (κ2) is 8.14. The number of rotatable bonds is 3. The molecular formula is C21H22N2OS2. The highest BCUT2D eigenvalue weighted by atomic mass is 32.2. The second-order valence-corrected chi connectivity index (χ2v) is 8.74. The van der Waals surface area contributed by atoms with Crippen LogP contribution >= 0.6 is 23.1 Å². The largest absolute Gasteiger partial charge is 0.334 e. The van der Waals surface area contributed by atoms with E-state index in [1.807, 2.05) is 40.1 Å². The number of amides is 2. The molecule has 0 aliphatic carbocycles. The SMILES string of the molecule is O=C(NCc1cccc2ccccc12)N1CCSC(c2cccs2)CC1. The molecule has 1 atom stereocenters. The lowest BCUT2D eigenvalue weighted by Crippen LogP contribution is -2.40. The highest BCUT2D eigenvalue weighted by Gasteiger charge is 2.22. The van der Waals surface area contributed by atoms with E-state index in [9.17, 15) is 4.79 Å². The van der Waals surface area contributed by atoms with Crippen molar-refractivity contribution in [3.63, 3.8) is 0 Å². The highest BCUT2D eigenvalue weighted by molar-refractivity contribution is 7.99. The fourth-order valence-corrected chi connectivity index (χ4v) is 5.64. The average molecular weight is 383 g/mol. The Labute approximate surface area is 162 Å². The van der Waals surface area contributed by atoms with Crippen molar-refractivity contribution in [3.05, 3.63) is 70.4 Å². The minimum Gasteiger partial charge on any atom is -0.334 e. The zero-order valence-corrected chi connectivity index (χ0v) is 16.2. The number of hydrogen-bond donors (Lipinski definition) is 1. The van der Waals surface area contributed by atoms with Gasteiger partial charge in [0.25, 0.3) is 0 Å². The molecule has 1 N–H and O–H groups in total. The minimum atomic E-state index is 0.0466. The van der Waals surface area contributed by atoms with Gasteiger partial charge in [0.15, 0.2) is 0 Å². The number of nitrogens with one attached hydrogen (secondary N) is 1. The molecule has 1 unspecified atom stereocenters. The first-order valence-corrected chi connectivity index (χ1v) is 10.9. The predicted molar refractivity (Wildman–Crippen MR) is 112 cm³/mol. The van der Waals surface area contributed by atoms with Gasteiger partial charge >= 0.3 is 6.03 Å². The number of urea groups is 1. The standard InChI is InChI=1S/C21H22N2OS2/c24-21(22-15-17-7-3-6-16-5-1-2-8-18(16)17)23-11-10-20(26-14-12-23)19-9-4-13-25-19/h1-9,13,20H,10-12,14-15H2,(H,22,24). The Bertz CT molecular complexity index is 873. The molecular weight excluding hydrogens is 360 g/mol. The number of thiophene rings is 1. The van der Waals surface area contributed by atoms with Crippen molar-refractivity contribution in [2.75, 3.05) is 18.8 Å². The fourth-order valence-electron chi connectivity index (χ4n) is 3.40. The van der Waals surface area contributed by atoms with Crippen molar-refractivity contribution < 1.29 is 4.79 Å². The smallest absolute Gasteiger partial charge is 0.317 e. The molecule has 3 nitrogen and oxygen atoms in total. The van der Waals surface area contributed by atoms with Crippen molar-refractivity contribution in [1.82, 2.24) is 10.2 Å². The lowest BCUT2D eigenvalue weighted by molar-refractivity contribution is 0.201. The minimum absolute atomic E-state index is 0.0466. The van der Waals surface area contributed by atoms with Crippen LogP contribution in [0.15, 0.2) is 60.0 Å². The van der Waals surface area contributed by atoms with Crippen LogP contribution in [0, 0.1) is 0 Å². The molecule has 26 heavy (non-hydrogen) atoms. The molecule has 0 spiro atoms. The highest BCUT2D eigenvalue weighted by Crippen LogP contribution is 2.36. The number of thioether (sulfide) groups is 1.